The van der Waals surface area contributed by atoms with Crippen LogP contribution in [0.1, 0.15) is 32.8 Å². The minimum atomic E-state index is -4.19. The van der Waals surface area contributed by atoms with Gasteiger partial charge in [-0.15, -0.1) is 0 Å². The Morgan fingerprint density at radius 1 is 0.950 bits per heavy atom. The van der Waals surface area contributed by atoms with Crippen molar-refractivity contribution in [1.29, 1.82) is 0 Å². The molecule has 3 rings (SSSR count). The van der Waals surface area contributed by atoms with Gasteiger partial charge in [-0.25, -0.2) is 8.42 Å². The van der Waals surface area contributed by atoms with E-state index in [1.54, 1.807) is 61.5 Å². The molecule has 0 saturated heterocycles. The van der Waals surface area contributed by atoms with E-state index in [9.17, 15) is 18.0 Å². The number of ether oxygens (including phenoxy) is 1. The molecule has 2 amide bonds. The van der Waals surface area contributed by atoms with Gasteiger partial charge in [0.25, 0.3) is 10.0 Å². The number of methoxy groups -OCH3 is 1. The van der Waals surface area contributed by atoms with Gasteiger partial charge in [-0.1, -0.05) is 60.5 Å². The molecule has 11 heteroatoms. The van der Waals surface area contributed by atoms with Crippen LogP contribution in [0, 0.1) is 0 Å². The second-order valence-electron chi connectivity index (χ2n) is 9.34. The van der Waals surface area contributed by atoms with Crippen LogP contribution in [-0.4, -0.2) is 50.9 Å². The third-order valence-corrected chi connectivity index (χ3v) is 8.65. The molecule has 0 aliphatic carbocycles. The lowest BCUT2D eigenvalue weighted by molar-refractivity contribution is -0.140. The van der Waals surface area contributed by atoms with Crippen LogP contribution in [0.2, 0.25) is 10.0 Å². The lowest BCUT2D eigenvalue weighted by atomic mass is 10.1. The summed E-state index contributed by atoms with van der Waals surface area (Å²) in [7, 11) is -2.72. The van der Waals surface area contributed by atoms with E-state index >= 15 is 0 Å². The first kappa shape index (κ1) is 31.3. The second kappa shape index (κ2) is 13.9. The Morgan fingerprint density at radius 3 is 2.15 bits per heavy atom. The van der Waals surface area contributed by atoms with E-state index < -0.39 is 28.5 Å². The Kier molecular flexibility index (Phi) is 10.8. The van der Waals surface area contributed by atoms with Crippen molar-refractivity contribution in [3.05, 3.63) is 88.4 Å². The molecule has 1 N–H and O–H groups in total. The van der Waals surface area contributed by atoms with Crippen molar-refractivity contribution in [2.24, 2.45) is 0 Å². The predicted molar refractivity (Wildman–Crippen MR) is 158 cm³/mol. The first-order valence-corrected chi connectivity index (χ1v) is 14.9. The van der Waals surface area contributed by atoms with Gasteiger partial charge in [-0.3, -0.25) is 13.9 Å². The van der Waals surface area contributed by atoms with Gasteiger partial charge in [0.15, 0.2) is 0 Å². The first-order valence-electron chi connectivity index (χ1n) is 12.7. The molecule has 40 heavy (non-hydrogen) atoms. The van der Waals surface area contributed by atoms with Crippen LogP contribution >= 0.6 is 23.2 Å². The number of halogens is 2. The molecule has 0 aliphatic heterocycles. The Balaban J connectivity index is 2.11. The lowest BCUT2D eigenvalue weighted by Gasteiger charge is -2.34. The van der Waals surface area contributed by atoms with Crippen molar-refractivity contribution in [3.8, 4) is 5.75 Å². The number of nitrogens with one attached hydrogen (secondary N) is 1. The van der Waals surface area contributed by atoms with Crippen LogP contribution in [0.3, 0.4) is 0 Å². The maximum Gasteiger partial charge on any atom is 0.264 e. The fourth-order valence-electron chi connectivity index (χ4n) is 4.17. The predicted octanol–water partition coefficient (Wildman–Crippen LogP) is 5.53. The Labute approximate surface area is 245 Å². The SMILES string of the molecule is CC[C@@H](C(=O)NC(C)C)N(Cc1c(Cl)cccc1Cl)C(=O)CN(c1cccc(OC)c1)S(=O)(=O)c1ccccc1. The van der Waals surface area contributed by atoms with E-state index in [0.717, 1.165) is 4.31 Å². The van der Waals surface area contributed by atoms with Crippen molar-refractivity contribution in [3.63, 3.8) is 0 Å². The highest BCUT2D eigenvalue weighted by molar-refractivity contribution is 7.92. The Hall–Kier alpha value is -3.27. The third kappa shape index (κ3) is 7.47. The van der Waals surface area contributed by atoms with E-state index in [-0.39, 0.29) is 35.5 Å². The Morgan fingerprint density at radius 2 is 1.57 bits per heavy atom. The summed E-state index contributed by atoms with van der Waals surface area (Å²) >= 11 is 12.9. The van der Waals surface area contributed by atoms with E-state index in [0.29, 0.717) is 21.4 Å². The van der Waals surface area contributed by atoms with Crippen LogP contribution in [0.4, 0.5) is 5.69 Å². The zero-order valence-electron chi connectivity index (χ0n) is 22.8. The Bertz CT molecular complexity index is 1410. The molecule has 0 saturated carbocycles. The minimum Gasteiger partial charge on any atom is -0.497 e. The van der Waals surface area contributed by atoms with Gasteiger partial charge < -0.3 is 15.0 Å². The van der Waals surface area contributed by atoms with Crippen LogP contribution in [0.5, 0.6) is 5.75 Å². The summed E-state index contributed by atoms with van der Waals surface area (Å²) in [5, 5.41) is 3.50. The number of carbonyl (C=O) groups is 2. The monoisotopic (exact) mass is 605 g/mol. The quantitative estimate of drug-likeness (QED) is 0.293. The topological polar surface area (TPSA) is 96.0 Å². The average Bonchev–Trinajstić information content (AvgIpc) is 2.93. The first-order chi connectivity index (χ1) is 19.0. The molecule has 0 aliphatic rings. The normalized spacial score (nSPS) is 12.1. The van der Waals surface area contributed by atoms with Gasteiger partial charge in [0.05, 0.1) is 17.7 Å². The van der Waals surface area contributed by atoms with Gasteiger partial charge in [0, 0.05) is 34.3 Å². The van der Waals surface area contributed by atoms with Crippen LogP contribution in [0.15, 0.2) is 77.7 Å². The summed E-state index contributed by atoms with van der Waals surface area (Å²) in [5.41, 5.74) is 0.681. The average molecular weight is 607 g/mol. The van der Waals surface area contributed by atoms with Gasteiger partial charge in [0.2, 0.25) is 11.8 Å². The van der Waals surface area contributed by atoms with Gasteiger partial charge in [0.1, 0.15) is 18.3 Å². The summed E-state index contributed by atoms with van der Waals surface area (Å²) in [6.07, 6.45) is 0.275. The number of hydrogen-bond donors (Lipinski definition) is 1. The maximum atomic E-state index is 14.1. The zero-order chi connectivity index (χ0) is 29.4. The highest BCUT2D eigenvalue weighted by atomic mass is 35.5. The van der Waals surface area contributed by atoms with E-state index in [2.05, 4.69) is 5.32 Å². The van der Waals surface area contributed by atoms with Crippen LogP contribution in [-0.2, 0) is 26.2 Å². The van der Waals surface area contributed by atoms with Gasteiger partial charge >= 0.3 is 0 Å². The van der Waals surface area contributed by atoms with Crippen molar-refractivity contribution in [2.75, 3.05) is 18.0 Å². The molecule has 0 radical (unpaired) electrons. The number of anilines is 1. The number of rotatable bonds is 12. The number of carbonyl (C=O) groups excluding carboxylic acids is 2. The number of sulfonamides is 1. The van der Waals surface area contributed by atoms with Gasteiger partial charge in [-0.2, -0.15) is 0 Å². The third-order valence-electron chi connectivity index (χ3n) is 6.16. The van der Waals surface area contributed by atoms with E-state index in [1.165, 1.54) is 30.2 Å². The van der Waals surface area contributed by atoms with E-state index in [1.807, 2.05) is 13.8 Å². The molecule has 0 fully saturated rings. The highest BCUT2D eigenvalue weighted by Crippen LogP contribution is 2.30. The fraction of sp³-hybridized carbons (Fsp3) is 0.310. The summed E-state index contributed by atoms with van der Waals surface area (Å²) in [6.45, 7) is 4.73. The molecule has 3 aromatic rings. The molecule has 214 valence electrons. The number of hydrogen-bond acceptors (Lipinski definition) is 5. The summed E-state index contributed by atoms with van der Waals surface area (Å²) in [6, 6.07) is 18.1. The largest absolute Gasteiger partial charge is 0.497 e. The van der Waals surface area contributed by atoms with Crippen molar-refractivity contribution >= 4 is 50.7 Å². The zero-order valence-corrected chi connectivity index (χ0v) is 25.1. The summed E-state index contributed by atoms with van der Waals surface area (Å²) in [4.78, 5) is 28.7. The van der Waals surface area contributed by atoms with Gasteiger partial charge in [-0.05, 0) is 56.7 Å². The van der Waals surface area contributed by atoms with Crippen molar-refractivity contribution in [1.82, 2.24) is 10.2 Å². The van der Waals surface area contributed by atoms with E-state index in [4.69, 9.17) is 27.9 Å². The smallest absolute Gasteiger partial charge is 0.264 e. The second-order valence-corrected chi connectivity index (χ2v) is 12.0. The van der Waals surface area contributed by atoms with Crippen molar-refractivity contribution < 1.29 is 22.7 Å². The summed E-state index contributed by atoms with van der Waals surface area (Å²) in [5.74, 6) is -0.558. The molecule has 8 nitrogen and oxygen atoms in total. The maximum absolute atomic E-state index is 14.1. The number of nitrogens with zero attached hydrogens (tertiary/aromatic N) is 2. The standard InChI is InChI=1S/C29H33Cl2N3O5S/c1-5-27(29(36)32-20(2)3)33(18-24-25(30)15-10-16-26(24)31)28(35)19-34(21-11-9-12-22(17-21)39-4)40(37,38)23-13-7-6-8-14-23/h6-17,20,27H,5,18-19H2,1-4H3,(H,32,36)/t27-/m0/s1. The molecule has 3 aromatic carbocycles. The van der Waals surface area contributed by atoms with Crippen LogP contribution < -0.4 is 14.4 Å². The summed E-state index contributed by atoms with van der Waals surface area (Å²) < 4.78 is 34.1. The molecular formula is C29H33Cl2N3O5S. The minimum absolute atomic E-state index is 0.0101. The number of amides is 2. The molecule has 0 unspecified atom stereocenters. The molecule has 0 aromatic heterocycles. The molecule has 0 spiro atoms. The molecule has 0 heterocycles. The molecule has 1 atom stereocenters. The highest BCUT2D eigenvalue weighted by Gasteiger charge is 2.34. The molecular weight excluding hydrogens is 573 g/mol. The number of benzene rings is 3. The molecule has 0 bridgehead atoms. The fourth-order valence-corrected chi connectivity index (χ4v) is 6.11. The van der Waals surface area contributed by atoms with Crippen LogP contribution in [0.25, 0.3) is 0 Å². The lowest BCUT2D eigenvalue weighted by Crippen LogP contribution is -2.53. The van der Waals surface area contributed by atoms with Crippen molar-refractivity contribution in [2.45, 2.75) is 50.7 Å².